The quantitative estimate of drug-likeness (QED) is 0.802. The van der Waals surface area contributed by atoms with Crippen LogP contribution in [0.1, 0.15) is 5.56 Å². The fraction of sp³-hybridized carbons (Fsp3) is 0.182. The van der Waals surface area contributed by atoms with Crippen LogP contribution in [0, 0.1) is 5.82 Å². The first kappa shape index (κ1) is 9.84. The van der Waals surface area contributed by atoms with E-state index in [4.69, 9.17) is 0 Å². The largest absolute Gasteiger partial charge is 0.336 e. The maximum Gasteiger partial charge on any atom is 0.244 e. The van der Waals surface area contributed by atoms with Crippen LogP contribution in [0.2, 0.25) is 0 Å². The Labute approximate surface area is 99.4 Å². The molecule has 1 amide bonds. The van der Waals surface area contributed by atoms with Crippen molar-refractivity contribution in [3.05, 3.63) is 29.7 Å². The molecule has 1 aliphatic rings. The minimum absolute atomic E-state index is 0.185. The molecule has 0 saturated heterocycles. The summed E-state index contributed by atoms with van der Waals surface area (Å²) in [7, 11) is 0. The maximum atomic E-state index is 14.0. The zero-order chi connectivity index (χ0) is 11.3. The molecule has 82 valence electrons. The summed E-state index contributed by atoms with van der Waals surface area (Å²) < 4.78 is 15.8. The van der Waals surface area contributed by atoms with Crippen LogP contribution < -0.4 is 5.32 Å². The van der Waals surface area contributed by atoms with Crippen LogP contribution in [0.15, 0.2) is 18.3 Å². The number of carbonyl (C=O) groups is 1. The molecular formula is C11H8BrFN2O. The van der Waals surface area contributed by atoms with E-state index >= 15 is 0 Å². The number of nitrogens with one attached hydrogen (secondary N) is 1. The molecule has 3 nitrogen and oxygen atoms in total. The van der Waals surface area contributed by atoms with Gasteiger partial charge in [0.2, 0.25) is 5.91 Å². The number of amides is 1. The third kappa shape index (κ3) is 1.21. The van der Waals surface area contributed by atoms with Crippen molar-refractivity contribution in [3.8, 4) is 0 Å². The van der Waals surface area contributed by atoms with Gasteiger partial charge in [-0.25, -0.2) is 4.39 Å². The molecule has 1 aromatic carbocycles. The number of hydrogen-bond acceptors (Lipinski definition) is 1. The number of carbonyl (C=O) groups excluding carboxylic acids is 1. The van der Waals surface area contributed by atoms with E-state index in [1.807, 2.05) is 12.3 Å². The second-order valence-electron chi connectivity index (χ2n) is 3.79. The van der Waals surface area contributed by atoms with E-state index in [9.17, 15) is 9.18 Å². The number of anilines is 1. The van der Waals surface area contributed by atoms with Crippen LogP contribution in [-0.4, -0.2) is 10.5 Å². The first-order valence-electron chi connectivity index (χ1n) is 4.86. The average Bonchev–Trinajstić information content (AvgIpc) is 2.66. The standard InChI is InChI=1S/C11H8BrFN2O/c12-4-7-3-6-1-2-15-5-8(16)14-10(9(7)13)11(6)15/h1-3H,4-5H2,(H,14,16). The highest BCUT2D eigenvalue weighted by atomic mass is 79.9. The maximum absolute atomic E-state index is 14.0. The van der Waals surface area contributed by atoms with E-state index in [1.54, 1.807) is 10.6 Å². The minimum atomic E-state index is -0.350. The molecule has 2 aromatic rings. The van der Waals surface area contributed by atoms with Crippen molar-refractivity contribution in [1.82, 2.24) is 4.57 Å². The predicted molar refractivity (Wildman–Crippen MR) is 63.2 cm³/mol. The fourth-order valence-corrected chi connectivity index (χ4v) is 2.49. The third-order valence-electron chi connectivity index (χ3n) is 2.78. The lowest BCUT2D eigenvalue weighted by molar-refractivity contribution is -0.116. The summed E-state index contributed by atoms with van der Waals surface area (Å²) in [5.41, 5.74) is 1.62. The molecular weight excluding hydrogens is 275 g/mol. The van der Waals surface area contributed by atoms with Gasteiger partial charge in [0.05, 0.1) is 5.52 Å². The summed E-state index contributed by atoms with van der Waals surface area (Å²) in [5, 5.41) is 3.98. The van der Waals surface area contributed by atoms with E-state index < -0.39 is 0 Å². The monoisotopic (exact) mass is 282 g/mol. The molecule has 0 unspecified atom stereocenters. The van der Waals surface area contributed by atoms with Gasteiger partial charge in [-0.15, -0.1) is 0 Å². The van der Waals surface area contributed by atoms with Gasteiger partial charge in [-0.3, -0.25) is 4.79 Å². The number of aromatic nitrogens is 1. The van der Waals surface area contributed by atoms with Crippen LogP contribution in [0.25, 0.3) is 10.9 Å². The van der Waals surface area contributed by atoms with E-state index in [1.165, 1.54) is 0 Å². The zero-order valence-corrected chi connectivity index (χ0v) is 9.84. The second kappa shape index (κ2) is 3.31. The molecule has 0 fully saturated rings. The number of nitrogens with zero attached hydrogens (tertiary/aromatic N) is 1. The first-order valence-corrected chi connectivity index (χ1v) is 5.99. The van der Waals surface area contributed by atoms with Gasteiger partial charge < -0.3 is 9.88 Å². The van der Waals surface area contributed by atoms with Crippen molar-refractivity contribution in [2.75, 3.05) is 5.32 Å². The van der Waals surface area contributed by atoms with Gasteiger partial charge in [-0.1, -0.05) is 15.9 Å². The molecule has 1 aliphatic heterocycles. The van der Waals surface area contributed by atoms with Crippen molar-refractivity contribution in [2.45, 2.75) is 11.9 Å². The number of alkyl halides is 1. The molecule has 5 heteroatoms. The van der Waals surface area contributed by atoms with Crippen molar-refractivity contribution in [3.63, 3.8) is 0 Å². The summed E-state index contributed by atoms with van der Waals surface area (Å²) in [4.78, 5) is 11.4. The van der Waals surface area contributed by atoms with Crippen molar-refractivity contribution >= 4 is 38.4 Å². The Hall–Kier alpha value is -1.36. The molecule has 1 aromatic heterocycles. The minimum Gasteiger partial charge on any atom is -0.336 e. The SMILES string of the molecule is O=C1Cn2ccc3cc(CBr)c(F)c(c32)N1. The topological polar surface area (TPSA) is 34.0 Å². The van der Waals surface area contributed by atoms with Crippen LogP contribution in [0.4, 0.5) is 10.1 Å². The number of rotatable bonds is 1. The number of benzene rings is 1. The first-order chi connectivity index (χ1) is 7.70. The highest BCUT2D eigenvalue weighted by Crippen LogP contribution is 2.33. The lowest BCUT2D eigenvalue weighted by Gasteiger charge is -2.18. The van der Waals surface area contributed by atoms with Gasteiger partial charge >= 0.3 is 0 Å². The average molecular weight is 283 g/mol. The van der Waals surface area contributed by atoms with Gasteiger partial charge in [0.25, 0.3) is 0 Å². The molecule has 0 radical (unpaired) electrons. The smallest absolute Gasteiger partial charge is 0.244 e. The van der Waals surface area contributed by atoms with Crippen LogP contribution in [0.5, 0.6) is 0 Å². The molecule has 2 heterocycles. The normalized spacial score (nSPS) is 14.2. The van der Waals surface area contributed by atoms with Crippen molar-refractivity contribution in [1.29, 1.82) is 0 Å². The summed E-state index contributed by atoms with van der Waals surface area (Å²) in [6, 6.07) is 3.70. The third-order valence-corrected chi connectivity index (χ3v) is 3.39. The van der Waals surface area contributed by atoms with Gasteiger partial charge in [0.15, 0.2) is 5.82 Å². The lowest BCUT2D eigenvalue weighted by atomic mass is 10.1. The summed E-state index contributed by atoms with van der Waals surface area (Å²) >= 11 is 3.24. The van der Waals surface area contributed by atoms with Crippen LogP contribution in [-0.2, 0) is 16.7 Å². The van der Waals surface area contributed by atoms with Crippen LogP contribution >= 0.6 is 15.9 Å². The molecule has 0 aliphatic carbocycles. The predicted octanol–water partition coefficient (Wildman–Crippen LogP) is 2.63. The summed E-state index contributed by atoms with van der Waals surface area (Å²) in [5.74, 6) is -0.534. The van der Waals surface area contributed by atoms with Crippen LogP contribution in [0.3, 0.4) is 0 Å². The molecule has 1 N–H and O–H groups in total. The molecule has 0 saturated carbocycles. The van der Waals surface area contributed by atoms with Crippen molar-refractivity contribution in [2.24, 2.45) is 0 Å². The number of hydrogen-bond donors (Lipinski definition) is 1. The molecule has 16 heavy (non-hydrogen) atoms. The lowest BCUT2D eigenvalue weighted by Crippen LogP contribution is -2.24. The van der Waals surface area contributed by atoms with Gasteiger partial charge in [0, 0.05) is 22.5 Å². The zero-order valence-electron chi connectivity index (χ0n) is 8.26. The second-order valence-corrected chi connectivity index (χ2v) is 4.35. The van der Waals surface area contributed by atoms with E-state index in [0.29, 0.717) is 16.6 Å². The van der Waals surface area contributed by atoms with Gasteiger partial charge in [-0.2, -0.15) is 0 Å². The van der Waals surface area contributed by atoms with E-state index in [0.717, 1.165) is 10.9 Å². The van der Waals surface area contributed by atoms with Gasteiger partial charge in [0.1, 0.15) is 12.2 Å². The molecule has 0 spiro atoms. The Kier molecular flexibility index (Phi) is 2.04. The Morgan fingerprint density at radius 1 is 1.56 bits per heavy atom. The van der Waals surface area contributed by atoms with E-state index in [2.05, 4.69) is 21.2 Å². The number of halogens is 2. The highest BCUT2D eigenvalue weighted by Gasteiger charge is 2.22. The van der Waals surface area contributed by atoms with E-state index in [-0.39, 0.29) is 18.3 Å². The molecule has 0 bridgehead atoms. The molecule has 0 atom stereocenters. The molecule has 3 rings (SSSR count). The van der Waals surface area contributed by atoms with Crippen molar-refractivity contribution < 1.29 is 9.18 Å². The summed E-state index contributed by atoms with van der Waals surface area (Å²) in [6.07, 6.45) is 1.81. The Morgan fingerprint density at radius 3 is 3.12 bits per heavy atom. The Bertz CT molecular complexity index is 606. The summed E-state index contributed by atoms with van der Waals surface area (Å²) in [6.45, 7) is 0.254. The Balaban J connectivity index is 2.41. The van der Waals surface area contributed by atoms with Gasteiger partial charge in [-0.05, 0) is 12.1 Å². The highest BCUT2D eigenvalue weighted by molar-refractivity contribution is 9.08. The fourth-order valence-electron chi connectivity index (χ4n) is 2.09. The Morgan fingerprint density at radius 2 is 2.38 bits per heavy atom.